The fraction of sp³-hybridized carbons (Fsp3) is 0.0455. The first-order valence-corrected chi connectivity index (χ1v) is 11.5. The minimum Gasteiger partial charge on any atom is -0.322 e. The van der Waals surface area contributed by atoms with Gasteiger partial charge in [-0.05, 0) is 60.7 Å². The number of rotatable bonds is 6. The summed E-state index contributed by atoms with van der Waals surface area (Å²) in [4.78, 5) is 29.3. The van der Waals surface area contributed by atoms with Crippen molar-refractivity contribution in [2.45, 2.75) is 4.34 Å². The van der Waals surface area contributed by atoms with Gasteiger partial charge >= 0.3 is 0 Å². The van der Waals surface area contributed by atoms with Crippen molar-refractivity contribution in [3.05, 3.63) is 87.7 Å². The van der Waals surface area contributed by atoms with Crippen LogP contribution in [0.3, 0.4) is 0 Å². The summed E-state index contributed by atoms with van der Waals surface area (Å²) in [5.74, 6) is -0.622. The van der Waals surface area contributed by atoms with Gasteiger partial charge in [0.1, 0.15) is 5.82 Å². The lowest BCUT2D eigenvalue weighted by Gasteiger charge is -2.07. The molecule has 0 aliphatic heterocycles. The largest absolute Gasteiger partial charge is 0.322 e. The van der Waals surface area contributed by atoms with E-state index < -0.39 is 0 Å². The number of hydrogen-bond acceptors (Lipinski definition) is 5. The summed E-state index contributed by atoms with van der Waals surface area (Å²) in [6.07, 6.45) is 0. The first-order chi connectivity index (χ1) is 14.9. The second-order valence-corrected chi connectivity index (χ2v) is 9.56. The van der Waals surface area contributed by atoms with Crippen LogP contribution in [0.1, 0.15) is 20.7 Å². The summed E-state index contributed by atoms with van der Waals surface area (Å²) in [7, 11) is 0. The normalized spacial score (nSPS) is 10.9. The van der Waals surface area contributed by atoms with Crippen LogP contribution in [0.5, 0.6) is 0 Å². The van der Waals surface area contributed by atoms with Gasteiger partial charge in [0.25, 0.3) is 5.91 Å². The molecule has 0 aliphatic carbocycles. The highest BCUT2D eigenvalue weighted by atomic mass is 35.5. The number of Topliss-reactive ketones (excluding diaryl/α,β-unsaturated/α-hetero) is 1. The van der Waals surface area contributed by atoms with Gasteiger partial charge in [-0.3, -0.25) is 9.59 Å². The number of thiazole rings is 1. The third kappa shape index (κ3) is 5.25. The zero-order valence-electron chi connectivity index (χ0n) is 15.7. The molecule has 0 fully saturated rings. The van der Waals surface area contributed by atoms with Crippen molar-refractivity contribution in [1.82, 2.24) is 4.98 Å². The monoisotopic (exact) mass is 490 g/mol. The highest BCUT2D eigenvalue weighted by Crippen LogP contribution is 2.32. The molecule has 0 radical (unpaired) electrons. The average Bonchev–Trinajstić information content (AvgIpc) is 3.14. The van der Waals surface area contributed by atoms with Crippen LogP contribution in [0.25, 0.3) is 10.2 Å². The number of carbonyl (C=O) groups excluding carboxylic acids is 2. The molecule has 0 saturated heterocycles. The predicted molar refractivity (Wildman–Crippen MR) is 125 cm³/mol. The topological polar surface area (TPSA) is 59.1 Å². The smallest absolute Gasteiger partial charge is 0.257 e. The Kier molecular flexibility index (Phi) is 6.57. The summed E-state index contributed by atoms with van der Waals surface area (Å²) < 4.78 is 14.6. The fourth-order valence-corrected chi connectivity index (χ4v) is 5.26. The predicted octanol–water partition coefficient (Wildman–Crippen LogP) is 6.97. The standard InChI is InChI=1S/C22H13Cl2FN2O2S2/c23-13-3-7-16(17(24)9-13)21(29)26-15-6-8-18-20(10-15)31-22(27-18)30-11-19(28)12-1-4-14(25)5-2-12/h1-10H,11H2,(H,26,29). The van der Waals surface area contributed by atoms with Crippen LogP contribution in [0.2, 0.25) is 10.0 Å². The number of nitrogens with zero attached hydrogens (tertiary/aromatic N) is 1. The molecule has 0 aliphatic rings. The molecule has 3 aromatic carbocycles. The second-order valence-electron chi connectivity index (χ2n) is 6.46. The molecule has 0 spiro atoms. The summed E-state index contributed by atoms with van der Waals surface area (Å²) in [5.41, 5.74) is 2.15. The van der Waals surface area contributed by atoms with E-state index in [1.807, 2.05) is 6.07 Å². The molecular weight excluding hydrogens is 478 g/mol. The molecule has 156 valence electrons. The highest BCUT2D eigenvalue weighted by Gasteiger charge is 2.13. The number of ketones is 1. The maximum atomic E-state index is 13.0. The van der Waals surface area contributed by atoms with Crippen LogP contribution in [-0.4, -0.2) is 22.4 Å². The number of hydrogen-bond donors (Lipinski definition) is 1. The Morgan fingerprint density at radius 1 is 1.03 bits per heavy atom. The van der Waals surface area contributed by atoms with Crippen molar-refractivity contribution in [3.8, 4) is 0 Å². The summed E-state index contributed by atoms with van der Waals surface area (Å²) in [6.45, 7) is 0. The van der Waals surface area contributed by atoms with Gasteiger partial charge in [0, 0.05) is 16.3 Å². The zero-order valence-corrected chi connectivity index (χ0v) is 18.8. The average molecular weight is 491 g/mol. The lowest BCUT2D eigenvalue weighted by atomic mass is 10.1. The Bertz CT molecular complexity index is 1290. The summed E-state index contributed by atoms with van der Waals surface area (Å²) in [5, 5.41) is 3.54. The van der Waals surface area contributed by atoms with Crippen molar-refractivity contribution in [1.29, 1.82) is 0 Å². The van der Waals surface area contributed by atoms with Gasteiger partial charge in [-0.15, -0.1) is 11.3 Å². The van der Waals surface area contributed by atoms with E-state index in [0.29, 0.717) is 21.8 Å². The van der Waals surface area contributed by atoms with E-state index in [0.717, 1.165) is 14.6 Å². The van der Waals surface area contributed by atoms with Gasteiger partial charge in [-0.25, -0.2) is 9.37 Å². The van der Waals surface area contributed by atoms with Gasteiger partial charge < -0.3 is 5.32 Å². The first-order valence-electron chi connectivity index (χ1n) is 8.97. The Labute approximate surface area is 195 Å². The Morgan fingerprint density at radius 3 is 2.55 bits per heavy atom. The summed E-state index contributed by atoms with van der Waals surface area (Å²) >= 11 is 14.7. The van der Waals surface area contributed by atoms with Gasteiger partial charge in [0.2, 0.25) is 0 Å². The molecule has 9 heteroatoms. The van der Waals surface area contributed by atoms with Gasteiger partial charge in [0.05, 0.1) is 26.6 Å². The molecule has 1 amide bonds. The van der Waals surface area contributed by atoms with Crippen LogP contribution in [0, 0.1) is 5.82 Å². The molecular formula is C22H13Cl2FN2O2S2. The number of fused-ring (bicyclic) bond motifs is 1. The minimum atomic E-state index is -0.378. The zero-order chi connectivity index (χ0) is 22.0. The lowest BCUT2D eigenvalue weighted by molar-refractivity contribution is 0.101. The van der Waals surface area contributed by atoms with Crippen molar-refractivity contribution in [3.63, 3.8) is 0 Å². The third-order valence-corrected chi connectivity index (χ3v) is 7.00. The Hall–Kier alpha value is -2.45. The third-order valence-electron chi connectivity index (χ3n) is 4.30. The van der Waals surface area contributed by atoms with Crippen LogP contribution in [0.15, 0.2) is 65.0 Å². The molecule has 4 aromatic rings. The molecule has 1 N–H and O–H groups in total. The maximum absolute atomic E-state index is 13.0. The number of nitrogens with one attached hydrogen (secondary N) is 1. The molecule has 0 atom stereocenters. The quantitative estimate of drug-likeness (QED) is 0.234. The van der Waals surface area contributed by atoms with Crippen molar-refractivity contribution in [2.24, 2.45) is 0 Å². The Morgan fingerprint density at radius 2 is 1.81 bits per heavy atom. The van der Waals surface area contributed by atoms with Crippen LogP contribution in [0.4, 0.5) is 10.1 Å². The van der Waals surface area contributed by atoms with E-state index >= 15 is 0 Å². The van der Waals surface area contributed by atoms with Crippen LogP contribution in [-0.2, 0) is 0 Å². The molecule has 4 nitrogen and oxygen atoms in total. The van der Waals surface area contributed by atoms with E-state index in [9.17, 15) is 14.0 Å². The number of halogens is 3. The van der Waals surface area contributed by atoms with Gasteiger partial charge in [-0.1, -0.05) is 35.0 Å². The number of amides is 1. The lowest BCUT2D eigenvalue weighted by Crippen LogP contribution is -2.12. The molecule has 0 unspecified atom stereocenters. The molecule has 0 bridgehead atoms. The number of anilines is 1. The molecule has 1 aromatic heterocycles. The van der Waals surface area contributed by atoms with E-state index in [1.165, 1.54) is 53.4 Å². The maximum Gasteiger partial charge on any atom is 0.257 e. The van der Waals surface area contributed by atoms with Crippen LogP contribution < -0.4 is 5.32 Å². The molecule has 4 rings (SSSR count). The van der Waals surface area contributed by atoms with E-state index in [-0.39, 0.29) is 28.3 Å². The fourth-order valence-electron chi connectivity index (χ4n) is 2.76. The number of carbonyl (C=O) groups is 2. The SMILES string of the molecule is O=C(CSc1nc2ccc(NC(=O)c3ccc(Cl)cc3Cl)cc2s1)c1ccc(F)cc1. The van der Waals surface area contributed by atoms with Crippen molar-refractivity contribution in [2.75, 3.05) is 11.1 Å². The van der Waals surface area contributed by atoms with E-state index in [4.69, 9.17) is 23.2 Å². The second kappa shape index (κ2) is 9.36. The molecule has 0 saturated carbocycles. The molecule has 31 heavy (non-hydrogen) atoms. The Balaban J connectivity index is 1.44. The van der Waals surface area contributed by atoms with E-state index in [2.05, 4.69) is 10.3 Å². The van der Waals surface area contributed by atoms with Crippen LogP contribution >= 0.6 is 46.3 Å². The van der Waals surface area contributed by atoms with E-state index in [1.54, 1.807) is 24.3 Å². The minimum absolute atomic E-state index is 0.1000. The van der Waals surface area contributed by atoms with Crippen molar-refractivity contribution >= 4 is 73.9 Å². The highest BCUT2D eigenvalue weighted by molar-refractivity contribution is 8.01. The van der Waals surface area contributed by atoms with Gasteiger partial charge in [-0.2, -0.15) is 0 Å². The number of aromatic nitrogens is 1. The number of thioether (sulfide) groups is 1. The first kappa shape index (κ1) is 21.8. The van der Waals surface area contributed by atoms with Gasteiger partial charge in [0.15, 0.2) is 10.1 Å². The molecule has 1 heterocycles. The van der Waals surface area contributed by atoms with Crippen molar-refractivity contribution < 1.29 is 14.0 Å². The summed E-state index contributed by atoms with van der Waals surface area (Å²) in [6, 6.07) is 15.5. The number of benzene rings is 3.